The molecule has 0 radical (unpaired) electrons. The molecular formula is C20H15FN4O. The van der Waals surface area contributed by atoms with Crippen molar-refractivity contribution < 1.29 is 4.39 Å². The van der Waals surface area contributed by atoms with Crippen molar-refractivity contribution in [1.82, 2.24) is 15.0 Å². The van der Waals surface area contributed by atoms with Gasteiger partial charge in [-0.2, -0.15) is 4.98 Å². The average Bonchev–Trinajstić information content (AvgIpc) is 2.67. The van der Waals surface area contributed by atoms with Crippen LogP contribution < -0.4 is 11.0 Å². The largest absolute Gasteiger partial charge is 0.365 e. The monoisotopic (exact) mass is 346 g/mol. The maximum atomic E-state index is 13.1. The number of anilines is 1. The molecule has 2 aromatic heterocycles. The van der Waals surface area contributed by atoms with Crippen LogP contribution in [0, 0.1) is 5.82 Å². The van der Waals surface area contributed by atoms with Crippen LogP contribution in [0.2, 0.25) is 0 Å². The molecule has 0 spiro atoms. The minimum absolute atomic E-state index is 0.257. The minimum atomic E-state index is -0.446. The fraction of sp³-hybridized carbons (Fsp3) is 0.0500. The van der Waals surface area contributed by atoms with Crippen LogP contribution in [0.5, 0.6) is 0 Å². The van der Waals surface area contributed by atoms with E-state index >= 15 is 0 Å². The predicted molar refractivity (Wildman–Crippen MR) is 99.3 cm³/mol. The van der Waals surface area contributed by atoms with E-state index in [9.17, 15) is 9.18 Å². The number of H-pyrrole nitrogens is 1. The standard InChI is InChI=1S/C20H15FN4O/c21-16-8-6-14(7-9-16)15-4-1-3-13(11-15)12-23-19-17-5-2-10-22-18(17)24-20(26)25-19/h1-11H,12H2,(H2,22,23,24,25,26). The quantitative estimate of drug-likeness (QED) is 0.591. The molecule has 128 valence electrons. The lowest BCUT2D eigenvalue weighted by molar-refractivity contribution is 0.628. The second kappa shape index (κ2) is 6.76. The molecule has 0 amide bonds. The van der Waals surface area contributed by atoms with E-state index in [1.807, 2.05) is 30.3 Å². The van der Waals surface area contributed by atoms with Gasteiger partial charge in [-0.3, -0.25) is 4.98 Å². The van der Waals surface area contributed by atoms with Crippen molar-refractivity contribution in [1.29, 1.82) is 0 Å². The van der Waals surface area contributed by atoms with Crippen LogP contribution in [0.4, 0.5) is 10.2 Å². The summed E-state index contributed by atoms with van der Waals surface area (Å²) in [6.45, 7) is 0.496. The first-order chi connectivity index (χ1) is 12.7. The summed E-state index contributed by atoms with van der Waals surface area (Å²) in [5.41, 5.74) is 3.01. The molecule has 2 N–H and O–H groups in total. The summed E-state index contributed by atoms with van der Waals surface area (Å²) < 4.78 is 13.1. The van der Waals surface area contributed by atoms with E-state index in [0.717, 1.165) is 22.1 Å². The Kier molecular flexibility index (Phi) is 4.15. The van der Waals surface area contributed by atoms with Crippen molar-refractivity contribution in [3.8, 4) is 11.1 Å². The smallest absolute Gasteiger partial charge is 0.348 e. The zero-order valence-corrected chi connectivity index (χ0v) is 13.7. The second-order valence-electron chi connectivity index (χ2n) is 5.85. The Morgan fingerprint density at radius 1 is 1.00 bits per heavy atom. The van der Waals surface area contributed by atoms with Gasteiger partial charge in [0.25, 0.3) is 0 Å². The molecule has 4 aromatic rings. The number of rotatable bonds is 4. The summed E-state index contributed by atoms with van der Waals surface area (Å²) in [7, 11) is 0. The molecule has 0 fully saturated rings. The number of fused-ring (bicyclic) bond motifs is 1. The lowest BCUT2D eigenvalue weighted by atomic mass is 10.0. The van der Waals surface area contributed by atoms with Crippen molar-refractivity contribution in [3.05, 3.63) is 88.7 Å². The van der Waals surface area contributed by atoms with Crippen LogP contribution in [0.3, 0.4) is 0 Å². The van der Waals surface area contributed by atoms with Gasteiger partial charge >= 0.3 is 5.69 Å². The van der Waals surface area contributed by atoms with Gasteiger partial charge in [-0.25, -0.2) is 14.2 Å². The van der Waals surface area contributed by atoms with E-state index in [0.29, 0.717) is 18.0 Å². The van der Waals surface area contributed by atoms with Crippen LogP contribution in [0.15, 0.2) is 71.7 Å². The summed E-state index contributed by atoms with van der Waals surface area (Å²) in [4.78, 5) is 22.5. The van der Waals surface area contributed by atoms with E-state index in [1.165, 1.54) is 12.1 Å². The molecule has 26 heavy (non-hydrogen) atoms. The third-order valence-corrected chi connectivity index (χ3v) is 4.07. The molecule has 0 aliphatic carbocycles. The van der Waals surface area contributed by atoms with E-state index in [2.05, 4.69) is 20.3 Å². The van der Waals surface area contributed by atoms with Gasteiger partial charge in [-0.1, -0.05) is 30.3 Å². The minimum Gasteiger partial charge on any atom is -0.365 e. The highest BCUT2D eigenvalue weighted by Gasteiger charge is 2.06. The molecule has 2 aromatic carbocycles. The van der Waals surface area contributed by atoms with Gasteiger partial charge < -0.3 is 5.32 Å². The third kappa shape index (κ3) is 3.30. The molecule has 0 atom stereocenters. The van der Waals surface area contributed by atoms with E-state index in [1.54, 1.807) is 24.4 Å². The lowest BCUT2D eigenvalue weighted by Gasteiger charge is -2.09. The van der Waals surface area contributed by atoms with E-state index in [4.69, 9.17) is 0 Å². The summed E-state index contributed by atoms with van der Waals surface area (Å²) in [5, 5.41) is 3.95. The van der Waals surface area contributed by atoms with Gasteiger partial charge in [-0.15, -0.1) is 0 Å². The highest BCUT2D eigenvalue weighted by atomic mass is 19.1. The van der Waals surface area contributed by atoms with Gasteiger partial charge in [0, 0.05) is 12.7 Å². The van der Waals surface area contributed by atoms with Crippen LogP contribution in [0.1, 0.15) is 5.56 Å². The Hall–Kier alpha value is -3.54. The zero-order chi connectivity index (χ0) is 17.9. The SMILES string of the molecule is O=c1nc(NCc2cccc(-c3ccc(F)cc3)c2)c2cccnc2[nH]1. The van der Waals surface area contributed by atoms with E-state index in [-0.39, 0.29) is 5.82 Å². The molecule has 4 rings (SSSR count). The van der Waals surface area contributed by atoms with Crippen LogP contribution in [-0.2, 0) is 6.54 Å². The Morgan fingerprint density at radius 2 is 1.85 bits per heavy atom. The second-order valence-corrected chi connectivity index (χ2v) is 5.85. The molecule has 0 bridgehead atoms. The van der Waals surface area contributed by atoms with Gasteiger partial charge in [0.15, 0.2) is 0 Å². The van der Waals surface area contributed by atoms with Crippen molar-refractivity contribution in [2.45, 2.75) is 6.54 Å². The fourth-order valence-electron chi connectivity index (χ4n) is 2.81. The van der Waals surface area contributed by atoms with Crippen molar-refractivity contribution in [3.63, 3.8) is 0 Å². The summed E-state index contributed by atoms with van der Waals surface area (Å²) in [6.07, 6.45) is 1.62. The van der Waals surface area contributed by atoms with Gasteiger partial charge in [0.1, 0.15) is 17.3 Å². The van der Waals surface area contributed by atoms with Crippen LogP contribution >= 0.6 is 0 Å². The molecule has 0 aliphatic heterocycles. The molecule has 2 heterocycles. The lowest BCUT2D eigenvalue weighted by Crippen LogP contribution is -2.14. The first-order valence-electron chi connectivity index (χ1n) is 8.13. The molecule has 0 aliphatic rings. The number of aromatic nitrogens is 3. The van der Waals surface area contributed by atoms with Gasteiger partial charge in [0.05, 0.1) is 5.39 Å². The summed E-state index contributed by atoms with van der Waals surface area (Å²) in [6, 6.07) is 18.0. The number of aromatic amines is 1. The predicted octanol–water partition coefficient (Wildman–Crippen LogP) is 3.74. The Morgan fingerprint density at radius 3 is 2.69 bits per heavy atom. The Bertz CT molecular complexity index is 1120. The van der Waals surface area contributed by atoms with Crippen molar-refractivity contribution in [2.75, 3.05) is 5.32 Å². The summed E-state index contributed by atoms with van der Waals surface area (Å²) >= 11 is 0. The number of hydrogen-bond donors (Lipinski definition) is 2. The third-order valence-electron chi connectivity index (χ3n) is 4.07. The van der Waals surface area contributed by atoms with Crippen molar-refractivity contribution in [2.24, 2.45) is 0 Å². The topological polar surface area (TPSA) is 70.7 Å². The molecule has 6 heteroatoms. The summed E-state index contributed by atoms with van der Waals surface area (Å²) in [5.74, 6) is 0.233. The fourth-order valence-corrected chi connectivity index (χ4v) is 2.81. The highest BCUT2D eigenvalue weighted by Crippen LogP contribution is 2.22. The van der Waals surface area contributed by atoms with Crippen molar-refractivity contribution >= 4 is 16.9 Å². The van der Waals surface area contributed by atoms with Gasteiger partial charge in [0.2, 0.25) is 0 Å². The zero-order valence-electron chi connectivity index (χ0n) is 13.7. The highest BCUT2D eigenvalue weighted by molar-refractivity contribution is 5.85. The maximum absolute atomic E-state index is 13.1. The Balaban J connectivity index is 1.60. The molecule has 0 saturated heterocycles. The number of benzene rings is 2. The van der Waals surface area contributed by atoms with Crippen LogP contribution in [0.25, 0.3) is 22.2 Å². The normalized spacial score (nSPS) is 10.8. The van der Waals surface area contributed by atoms with Gasteiger partial charge in [-0.05, 0) is 47.0 Å². The molecule has 0 unspecified atom stereocenters. The van der Waals surface area contributed by atoms with Crippen LogP contribution in [-0.4, -0.2) is 15.0 Å². The molecule has 0 saturated carbocycles. The molecule has 5 nitrogen and oxygen atoms in total. The molecular weight excluding hydrogens is 331 g/mol. The number of nitrogens with one attached hydrogen (secondary N) is 2. The number of halogens is 1. The van der Waals surface area contributed by atoms with E-state index < -0.39 is 5.69 Å². The Labute approximate surface area is 148 Å². The first kappa shape index (κ1) is 16.0. The number of pyridine rings is 1. The number of nitrogens with zero attached hydrogens (tertiary/aromatic N) is 2. The first-order valence-corrected chi connectivity index (χ1v) is 8.13. The number of hydrogen-bond acceptors (Lipinski definition) is 4. The average molecular weight is 346 g/mol. The maximum Gasteiger partial charge on any atom is 0.348 e.